The maximum Gasteiger partial charge on any atom is 0.323 e. The van der Waals surface area contributed by atoms with E-state index in [0.29, 0.717) is 10.6 Å². The van der Waals surface area contributed by atoms with Crippen molar-refractivity contribution in [3.8, 4) is 0 Å². The van der Waals surface area contributed by atoms with Crippen molar-refractivity contribution in [2.45, 2.75) is 6.92 Å². The molecule has 102 valence electrons. The standard InChI is InChI=1S/C12H13ClN2O4/c1-7-8(3-2-4-9(7)13)12(19)15(5-10(14)16)6-11(17)18/h2-4H,5-6H2,1H3,(H2,14,16)(H,17,18). The van der Waals surface area contributed by atoms with Gasteiger partial charge in [0.05, 0.1) is 0 Å². The quantitative estimate of drug-likeness (QED) is 0.829. The monoisotopic (exact) mass is 284 g/mol. The highest BCUT2D eigenvalue weighted by atomic mass is 35.5. The summed E-state index contributed by atoms with van der Waals surface area (Å²) >= 11 is 5.90. The summed E-state index contributed by atoms with van der Waals surface area (Å²) in [6, 6.07) is 4.70. The predicted molar refractivity (Wildman–Crippen MR) is 68.9 cm³/mol. The van der Waals surface area contributed by atoms with Crippen molar-refractivity contribution < 1.29 is 19.5 Å². The third-order valence-corrected chi connectivity index (χ3v) is 2.87. The molecule has 0 aliphatic carbocycles. The second-order valence-electron chi connectivity index (χ2n) is 3.93. The maximum atomic E-state index is 12.2. The molecule has 7 heteroatoms. The van der Waals surface area contributed by atoms with Crippen LogP contribution in [0.25, 0.3) is 0 Å². The Hall–Kier alpha value is -2.08. The summed E-state index contributed by atoms with van der Waals surface area (Å²) in [5.74, 6) is -2.61. The van der Waals surface area contributed by atoms with E-state index in [4.69, 9.17) is 22.4 Å². The smallest absolute Gasteiger partial charge is 0.323 e. The molecule has 0 atom stereocenters. The number of hydrogen-bond donors (Lipinski definition) is 2. The Balaban J connectivity index is 3.07. The highest BCUT2D eigenvalue weighted by molar-refractivity contribution is 6.31. The van der Waals surface area contributed by atoms with E-state index in [-0.39, 0.29) is 5.56 Å². The fraction of sp³-hybridized carbons (Fsp3) is 0.250. The zero-order chi connectivity index (χ0) is 14.6. The van der Waals surface area contributed by atoms with Crippen LogP contribution in [0.2, 0.25) is 5.02 Å². The number of nitrogens with zero attached hydrogens (tertiary/aromatic N) is 1. The van der Waals surface area contributed by atoms with E-state index in [1.54, 1.807) is 19.1 Å². The molecule has 0 fully saturated rings. The van der Waals surface area contributed by atoms with Gasteiger partial charge in [-0.15, -0.1) is 0 Å². The number of carboxylic acid groups (broad SMARTS) is 1. The number of benzene rings is 1. The van der Waals surface area contributed by atoms with Gasteiger partial charge in [-0.1, -0.05) is 17.7 Å². The Bertz CT molecular complexity index is 514. The van der Waals surface area contributed by atoms with Gasteiger partial charge in [-0.3, -0.25) is 14.4 Å². The number of carboxylic acids is 1. The van der Waals surface area contributed by atoms with Crippen LogP contribution in [0.4, 0.5) is 0 Å². The number of amides is 2. The lowest BCUT2D eigenvalue weighted by Gasteiger charge is -2.20. The second-order valence-corrected chi connectivity index (χ2v) is 4.34. The third-order valence-electron chi connectivity index (χ3n) is 2.46. The first kappa shape index (κ1) is 15.0. The highest BCUT2D eigenvalue weighted by Crippen LogP contribution is 2.20. The number of carbonyl (C=O) groups excluding carboxylic acids is 2. The molecule has 1 aromatic rings. The lowest BCUT2D eigenvalue weighted by Crippen LogP contribution is -2.41. The molecule has 2 amide bonds. The van der Waals surface area contributed by atoms with Gasteiger partial charge in [-0.2, -0.15) is 0 Å². The largest absolute Gasteiger partial charge is 0.480 e. The van der Waals surface area contributed by atoms with Gasteiger partial charge < -0.3 is 15.7 Å². The molecule has 6 nitrogen and oxygen atoms in total. The molecule has 0 radical (unpaired) electrons. The molecule has 19 heavy (non-hydrogen) atoms. The average Bonchev–Trinajstić information content (AvgIpc) is 2.30. The molecule has 0 aliphatic rings. The molecular weight excluding hydrogens is 272 g/mol. The van der Waals surface area contributed by atoms with Crippen LogP contribution in [0.3, 0.4) is 0 Å². The minimum atomic E-state index is -1.23. The van der Waals surface area contributed by atoms with Crippen LogP contribution in [-0.2, 0) is 9.59 Å². The van der Waals surface area contributed by atoms with Crippen molar-refractivity contribution in [1.29, 1.82) is 0 Å². The summed E-state index contributed by atoms with van der Waals surface area (Å²) in [6.45, 7) is 0.573. The van der Waals surface area contributed by atoms with E-state index in [9.17, 15) is 14.4 Å². The predicted octanol–water partition coefficient (Wildman–Crippen LogP) is 0.661. The number of nitrogens with two attached hydrogens (primary N) is 1. The number of hydrogen-bond acceptors (Lipinski definition) is 3. The van der Waals surface area contributed by atoms with Gasteiger partial charge in [0, 0.05) is 10.6 Å². The molecule has 0 saturated carbocycles. The van der Waals surface area contributed by atoms with Gasteiger partial charge >= 0.3 is 5.97 Å². The Labute approximate surface area is 114 Å². The normalized spacial score (nSPS) is 10.0. The number of rotatable bonds is 5. The van der Waals surface area contributed by atoms with E-state index in [1.807, 2.05) is 0 Å². The van der Waals surface area contributed by atoms with Gasteiger partial charge in [0.1, 0.15) is 13.1 Å². The van der Waals surface area contributed by atoms with Crippen LogP contribution in [-0.4, -0.2) is 40.9 Å². The summed E-state index contributed by atoms with van der Waals surface area (Å²) in [5, 5.41) is 9.13. The molecule has 3 N–H and O–H groups in total. The molecule has 0 unspecified atom stereocenters. The molecule has 0 aliphatic heterocycles. The summed E-state index contributed by atoms with van der Waals surface area (Å²) in [6.07, 6.45) is 0. The van der Waals surface area contributed by atoms with Gasteiger partial charge in [0.2, 0.25) is 5.91 Å². The molecule has 0 spiro atoms. The third kappa shape index (κ3) is 3.96. The van der Waals surface area contributed by atoms with E-state index in [1.165, 1.54) is 6.07 Å². The molecule has 1 rings (SSSR count). The minimum absolute atomic E-state index is 0.245. The van der Waals surface area contributed by atoms with Crippen LogP contribution >= 0.6 is 11.6 Å². The van der Waals surface area contributed by atoms with Gasteiger partial charge in [0.25, 0.3) is 5.91 Å². The van der Waals surface area contributed by atoms with Gasteiger partial charge in [-0.05, 0) is 24.6 Å². The summed E-state index contributed by atoms with van der Waals surface area (Å²) in [4.78, 5) is 34.6. The van der Waals surface area contributed by atoms with Crippen molar-refractivity contribution >= 4 is 29.4 Å². The topological polar surface area (TPSA) is 101 Å². The van der Waals surface area contributed by atoms with Crippen molar-refractivity contribution in [3.05, 3.63) is 34.3 Å². The van der Waals surface area contributed by atoms with Crippen molar-refractivity contribution in [2.24, 2.45) is 5.73 Å². The van der Waals surface area contributed by atoms with E-state index in [0.717, 1.165) is 4.90 Å². The van der Waals surface area contributed by atoms with E-state index in [2.05, 4.69) is 0 Å². The molecule has 1 aromatic carbocycles. The first-order chi connectivity index (χ1) is 8.82. The zero-order valence-corrected chi connectivity index (χ0v) is 11.0. The van der Waals surface area contributed by atoms with Gasteiger partial charge in [-0.25, -0.2) is 0 Å². The van der Waals surface area contributed by atoms with E-state index < -0.39 is 30.9 Å². The lowest BCUT2D eigenvalue weighted by atomic mass is 10.1. The number of carbonyl (C=O) groups is 3. The lowest BCUT2D eigenvalue weighted by molar-refractivity contribution is -0.138. The Morgan fingerprint density at radius 3 is 2.47 bits per heavy atom. The van der Waals surface area contributed by atoms with Crippen LogP contribution in [0, 0.1) is 6.92 Å². The molecular formula is C12H13ClN2O4. The van der Waals surface area contributed by atoms with Crippen molar-refractivity contribution in [3.63, 3.8) is 0 Å². The van der Waals surface area contributed by atoms with Crippen LogP contribution < -0.4 is 5.73 Å². The Morgan fingerprint density at radius 1 is 1.32 bits per heavy atom. The summed E-state index contributed by atoms with van der Waals surface area (Å²) in [5.41, 5.74) is 5.77. The number of halogens is 1. The van der Waals surface area contributed by atoms with Crippen molar-refractivity contribution in [1.82, 2.24) is 4.90 Å². The fourth-order valence-electron chi connectivity index (χ4n) is 1.56. The molecule has 0 saturated heterocycles. The SMILES string of the molecule is Cc1c(Cl)cccc1C(=O)N(CC(N)=O)CC(=O)O. The second kappa shape index (κ2) is 6.19. The fourth-order valence-corrected chi connectivity index (χ4v) is 1.73. The number of aliphatic carboxylic acids is 1. The van der Waals surface area contributed by atoms with Gasteiger partial charge in [0.15, 0.2) is 0 Å². The Kier molecular flexibility index (Phi) is 4.88. The summed E-state index contributed by atoms with van der Waals surface area (Å²) in [7, 11) is 0. The first-order valence-corrected chi connectivity index (χ1v) is 5.75. The van der Waals surface area contributed by atoms with Crippen LogP contribution in [0.1, 0.15) is 15.9 Å². The molecule has 0 heterocycles. The molecule has 0 aromatic heterocycles. The number of primary amides is 1. The average molecular weight is 285 g/mol. The summed E-state index contributed by atoms with van der Waals surface area (Å²) < 4.78 is 0. The zero-order valence-electron chi connectivity index (χ0n) is 10.2. The van der Waals surface area contributed by atoms with Crippen LogP contribution in [0.5, 0.6) is 0 Å². The highest BCUT2D eigenvalue weighted by Gasteiger charge is 2.22. The maximum absolute atomic E-state index is 12.2. The first-order valence-electron chi connectivity index (χ1n) is 5.37. The van der Waals surface area contributed by atoms with Crippen molar-refractivity contribution in [2.75, 3.05) is 13.1 Å². The molecule has 0 bridgehead atoms. The van der Waals surface area contributed by atoms with E-state index >= 15 is 0 Å². The minimum Gasteiger partial charge on any atom is -0.480 e. The van der Waals surface area contributed by atoms with Crippen LogP contribution in [0.15, 0.2) is 18.2 Å². The Morgan fingerprint density at radius 2 is 1.95 bits per heavy atom.